The number of hydrogen-bond acceptors (Lipinski definition) is 4. The number of carboxylic acid groups (broad SMARTS) is 1. The summed E-state index contributed by atoms with van der Waals surface area (Å²) in [6.45, 7) is 4.00. The van der Waals surface area contributed by atoms with Crippen LogP contribution in [-0.2, 0) is 11.4 Å². The van der Waals surface area contributed by atoms with Crippen molar-refractivity contribution in [2.45, 2.75) is 20.5 Å². The smallest absolute Gasteiger partial charge is 0.335 e. The minimum atomic E-state index is -0.994. The normalized spacial score (nSPS) is 10.9. The molecule has 2 N–H and O–H groups in total. The monoisotopic (exact) mass is 504 g/mol. The van der Waals surface area contributed by atoms with Crippen LogP contribution in [0.25, 0.3) is 6.08 Å². The summed E-state index contributed by atoms with van der Waals surface area (Å²) in [6.07, 6.45) is 1.48. The van der Waals surface area contributed by atoms with E-state index in [4.69, 9.17) is 9.84 Å². The van der Waals surface area contributed by atoms with Crippen LogP contribution in [0.2, 0.25) is 0 Å². The van der Waals surface area contributed by atoms with Gasteiger partial charge < -0.3 is 15.2 Å². The first-order valence-corrected chi connectivity index (χ1v) is 10.8. The highest BCUT2D eigenvalue weighted by Crippen LogP contribution is 2.27. The van der Waals surface area contributed by atoms with E-state index in [1.54, 1.807) is 30.3 Å². The Bertz CT molecular complexity index is 1270. The Kier molecular flexibility index (Phi) is 7.65. The number of anilines is 1. The Morgan fingerprint density at radius 2 is 1.82 bits per heavy atom. The number of rotatable bonds is 7. The van der Waals surface area contributed by atoms with Gasteiger partial charge >= 0.3 is 5.97 Å². The van der Waals surface area contributed by atoms with E-state index >= 15 is 0 Å². The average Bonchev–Trinajstić information content (AvgIpc) is 2.79. The fourth-order valence-electron chi connectivity index (χ4n) is 3.03. The molecular weight excluding hydrogens is 484 g/mol. The molecule has 0 heterocycles. The molecule has 0 radical (unpaired) electrons. The summed E-state index contributed by atoms with van der Waals surface area (Å²) in [5, 5.41) is 21.4. The van der Waals surface area contributed by atoms with E-state index in [1.165, 1.54) is 18.2 Å². The molecule has 0 atom stereocenters. The van der Waals surface area contributed by atoms with E-state index in [9.17, 15) is 14.9 Å². The molecule has 1 amide bonds. The molecule has 7 heteroatoms. The van der Waals surface area contributed by atoms with Crippen LogP contribution in [0, 0.1) is 25.2 Å². The summed E-state index contributed by atoms with van der Waals surface area (Å²) >= 11 is 3.41. The van der Waals surface area contributed by atoms with Crippen LogP contribution in [0.3, 0.4) is 0 Å². The first-order valence-electron chi connectivity index (χ1n) is 10.0. The highest BCUT2D eigenvalue weighted by molar-refractivity contribution is 9.10. The second-order valence-electron chi connectivity index (χ2n) is 7.42. The third-order valence-corrected chi connectivity index (χ3v) is 5.37. The van der Waals surface area contributed by atoms with Gasteiger partial charge in [-0.25, -0.2) is 4.79 Å². The fraction of sp³-hybridized carbons (Fsp3) is 0.115. The van der Waals surface area contributed by atoms with Crippen molar-refractivity contribution in [3.63, 3.8) is 0 Å². The number of halogens is 1. The SMILES string of the molecule is Cc1ccc(C)c(NC(=O)/C(C#N)=C/c2cc(Br)ccc2OCc2ccc(C(=O)O)cc2)c1. The third kappa shape index (κ3) is 6.31. The zero-order valence-corrected chi connectivity index (χ0v) is 19.6. The van der Waals surface area contributed by atoms with Crippen molar-refractivity contribution in [3.8, 4) is 11.8 Å². The molecule has 0 unspecified atom stereocenters. The molecule has 3 aromatic carbocycles. The molecule has 0 saturated heterocycles. The van der Waals surface area contributed by atoms with E-state index in [1.807, 2.05) is 38.1 Å². The molecule has 0 spiro atoms. The minimum absolute atomic E-state index is 0.0651. The van der Waals surface area contributed by atoms with Crippen LogP contribution in [0.4, 0.5) is 5.69 Å². The van der Waals surface area contributed by atoms with Crippen molar-refractivity contribution in [1.82, 2.24) is 0 Å². The van der Waals surface area contributed by atoms with Crippen LogP contribution < -0.4 is 10.1 Å². The third-order valence-electron chi connectivity index (χ3n) is 4.87. The lowest BCUT2D eigenvalue weighted by Gasteiger charge is -2.12. The molecule has 166 valence electrons. The molecular formula is C26H21BrN2O4. The zero-order chi connectivity index (χ0) is 24.0. The largest absolute Gasteiger partial charge is 0.488 e. The van der Waals surface area contributed by atoms with Crippen molar-refractivity contribution in [1.29, 1.82) is 5.26 Å². The number of nitrogens with zero attached hydrogens (tertiary/aromatic N) is 1. The number of carboxylic acids is 1. The number of amides is 1. The molecule has 0 aliphatic carbocycles. The van der Waals surface area contributed by atoms with Gasteiger partial charge in [0.05, 0.1) is 5.56 Å². The molecule has 33 heavy (non-hydrogen) atoms. The molecule has 3 aromatic rings. The standard InChI is InChI=1S/C26H21BrN2O4/c1-16-3-4-17(2)23(11-16)29-25(30)21(14-28)12-20-13-22(27)9-10-24(20)33-15-18-5-7-19(8-6-18)26(31)32/h3-13H,15H2,1-2H3,(H,29,30)(H,31,32)/b21-12+. The van der Waals surface area contributed by atoms with Gasteiger partial charge in [0, 0.05) is 15.7 Å². The lowest BCUT2D eigenvalue weighted by atomic mass is 10.1. The van der Waals surface area contributed by atoms with Crippen molar-refractivity contribution >= 4 is 39.6 Å². The topological polar surface area (TPSA) is 99.4 Å². The van der Waals surface area contributed by atoms with E-state index in [-0.39, 0.29) is 17.7 Å². The van der Waals surface area contributed by atoms with Crippen LogP contribution in [0.15, 0.2) is 70.7 Å². The quantitative estimate of drug-likeness (QED) is 0.308. The maximum absolute atomic E-state index is 12.8. The Labute approximate surface area is 200 Å². The summed E-state index contributed by atoms with van der Waals surface area (Å²) < 4.78 is 6.67. The predicted octanol–water partition coefficient (Wildman–Crippen LogP) is 5.89. The zero-order valence-electron chi connectivity index (χ0n) is 18.1. The fourth-order valence-corrected chi connectivity index (χ4v) is 3.41. The lowest BCUT2D eigenvalue weighted by molar-refractivity contribution is -0.112. The van der Waals surface area contributed by atoms with Gasteiger partial charge in [0.1, 0.15) is 24.0 Å². The Morgan fingerprint density at radius 3 is 2.48 bits per heavy atom. The molecule has 0 fully saturated rings. The molecule has 3 rings (SSSR count). The van der Waals surface area contributed by atoms with E-state index < -0.39 is 11.9 Å². The number of aromatic carboxylic acids is 1. The average molecular weight is 505 g/mol. The predicted molar refractivity (Wildman–Crippen MR) is 130 cm³/mol. The van der Waals surface area contributed by atoms with Crippen molar-refractivity contribution in [3.05, 3.63) is 98.5 Å². The number of hydrogen-bond donors (Lipinski definition) is 2. The number of benzene rings is 3. The maximum atomic E-state index is 12.8. The van der Waals surface area contributed by atoms with Crippen LogP contribution in [-0.4, -0.2) is 17.0 Å². The second-order valence-corrected chi connectivity index (χ2v) is 8.33. The number of aryl methyl sites for hydroxylation is 2. The number of nitrogens with one attached hydrogen (secondary N) is 1. The number of carbonyl (C=O) groups is 2. The molecule has 0 saturated carbocycles. The summed E-state index contributed by atoms with van der Waals surface area (Å²) in [5.74, 6) is -1.03. The summed E-state index contributed by atoms with van der Waals surface area (Å²) in [4.78, 5) is 23.8. The summed E-state index contributed by atoms with van der Waals surface area (Å²) in [6, 6.07) is 19.3. The lowest BCUT2D eigenvalue weighted by Crippen LogP contribution is -2.14. The van der Waals surface area contributed by atoms with Crippen LogP contribution >= 0.6 is 15.9 Å². The number of nitriles is 1. The minimum Gasteiger partial charge on any atom is -0.488 e. The van der Waals surface area contributed by atoms with Gasteiger partial charge in [0.2, 0.25) is 0 Å². The van der Waals surface area contributed by atoms with Gasteiger partial charge in [0.15, 0.2) is 0 Å². The van der Waals surface area contributed by atoms with E-state index in [0.29, 0.717) is 17.0 Å². The van der Waals surface area contributed by atoms with Crippen molar-refractivity contribution in [2.24, 2.45) is 0 Å². The Morgan fingerprint density at radius 1 is 1.09 bits per heavy atom. The van der Waals surface area contributed by atoms with Gasteiger partial charge in [-0.3, -0.25) is 4.79 Å². The highest BCUT2D eigenvalue weighted by atomic mass is 79.9. The van der Waals surface area contributed by atoms with Crippen molar-refractivity contribution < 1.29 is 19.4 Å². The molecule has 6 nitrogen and oxygen atoms in total. The molecule has 0 bridgehead atoms. The van der Waals surface area contributed by atoms with Gasteiger partial charge in [-0.2, -0.15) is 5.26 Å². The van der Waals surface area contributed by atoms with E-state index in [0.717, 1.165) is 21.2 Å². The number of carbonyl (C=O) groups excluding carboxylic acids is 1. The van der Waals surface area contributed by atoms with E-state index in [2.05, 4.69) is 21.2 Å². The Balaban J connectivity index is 1.82. The van der Waals surface area contributed by atoms with Gasteiger partial charge in [-0.05, 0) is 73.0 Å². The van der Waals surface area contributed by atoms with Crippen LogP contribution in [0.5, 0.6) is 5.75 Å². The second kappa shape index (κ2) is 10.6. The Hall–Kier alpha value is -3.89. The van der Waals surface area contributed by atoms with Gasteiger partial charge in [0.25, 0.3) is 5.91 Å². The van der Waals surface area contributed by atoms with Crippen LogP contribution in [0.1, 0.15) is 32.6 Å². The van der Waals surface area contributed by atoms with Crippen molar-refractivity contribution in [2.75, 3.05) is 5.32 Å². The van der Waals surface area contributed by atoms with Gasteiger partial charge in [-0.15, -0.1) is 0 Å². The molecule has 0 aromatic heterocycles. The maximum Gasteiger partial charge on any atom is 0.335 e. The first-order chi connectivity index (χ1) is 15.8. The molecule has 0 aliphatic heterocycles. The number of ether oxygens (including phenoxy) is 1. The van der Waals surface area contributed by atoms with Gasteiger partial charge in [-0.1, -0.05) is 40.2 Å². The summed E-state index contributed by atoms with van der Waals surface area (Å²) in [5.41, 5.74) is 4.01. The highest BCUT2D eigenvalue weighted by Gasteiger charge is 2.13. The summed E-state index contributed by atoms with van der Waals surface area (Å²) in [7, 11) is 0. The molecule has 0 aliphatic rings. The first kappa shape index (κ1) is 23.8.